The molecule has 122 valence electrons. The predicted octanol–water partition coefficient (Wildman–Crippen LogP) is 0.937. The zero-order chi connectivity index (χ0) is 16.1. The van der Waals surface area contributed by atoms with Gasteiger partial charge >= 0.3 is 0 Å². The van der Waals surface area contributed by atoms with Crippen LogP contribution in [0.3, 0.4) is 0 Å². The van der Waals surface area contributed by atoms with Gasteiger partial charge in [-0.3, -0.25) is 14.4 Å². The van der Waals surface area contributed by atoms with Gasteiger partial charge < -0.3 is 10.1 Å². The molecule has 3 rings (SSSR count). The fraction of sp³-hybridized carbons (Fsp3) is 0.412. The summed E-state index contributed by atoms with van der Waals surface area (Å²) >= 11 is 0. The van der Waals surface area contributed by atoms with Gasteiger partial charge in [0.1, 0.15) is 6.10 Å². The molecule has 1 aromatic heterocycles. The molecule has 1 fully saturated rings. The van der Waals surface area contributed by atoms with E-state index < -0.39 is 6.10 Å². The lowest BCUT2D eigenvalue weighted by atomic mass is 10.2. The molecule has 0 aliphatic carbocycles. The Labute approximate surface area is 136 Å². The SMILES string of the molecule is Cn1nccc1CNC(=O)[C@@H]1CN(Cc2ccccc2)CCO1. The van der Waals surface area contributed by atoms with Crippen LogP contribution in [0.5, 0.6) is 0 Å². The van der Waals surface area contributed by atoms with E-state index in [9.17, 15) is 4.79 Å². The van der Waals surface area contributed by atoms with Crippen LogP contribution in [-0.2, 0) is 29.7 Å². The lowest BCUT2D eigenvalue weighted by Crippen LogP contribution is -2.49. The van der Waals surface area contributed by atoms with Crippen LogP contribution in [0.25, 0.3) is 0 Å². The van der Waals surface area contributed by atoms with Crippen molar-refractivity contribution in [2.45, 2.75) is 19.2 Å². The van der Waals surface area contributed by atoms with Gasteiger partial charge in [-0.15, -0.1) is 0 Å². The summed E-state index contributed by atoms with van der Waals surface area (Å²) in [6, 6.07) is 12.2. The smallest absolute Gasteiger partial charge is 0.250 e. The summed E-state index contributed by atoms with van der Waals surface area (Å²) in [6.07, 6.45) is 1.31. The van der Waals surface area contributed by atoms with E-state index in [2.05, 4.69) is 27.4 Å². The Hall–Kier alpha value is -2.18. The van der Waals surface area contributed by atoms with Gasteiger partial charge in [0.25, 0.3) is 5.91 Å². The maximum Gasteiger partial charge on any atom is 0.250 e. The second-order valence-electron chi connectivity index (χ2n) is 5.74. The molecule has 1 aliphatic heterocycles. The normalized spacial score (nSPS) is 18.7. The largest absolute Gasteiger partial charge is 0.366 e. The first kappa shape index (κ1) is 15.7. The van der Waals surface area contributed by atoms with Crippen LogP contribution in [0.1, 0.15) is 11.3 Å². The molecule has 2 aromatic rings. The van der Waals surface area contributed by atoms with Crippen molar-refractivity contribution < 1.29 is 9.53 Å². The first-order valence-corrected chi connectivity index (χ1v) is 7.85. The number of ether oxygens (including phenoxy) is 1. The summed E-state index contributed by atoms with van der Waals surface area (Å²) < 4.78 is 7.39. The van der Waals surface area contributed by atoms with Gasteiger partial charge in [0, 0.05) is 32.9 Å². The summed E-state index contributed by atoms with van der Waals surface area (Å²) in [7, 11) is 1.86. The zero-order valence-electron chi connectivity index (χ0n) is 13.3. The molecule has 0 bridgehead atoms. The Kier molecular flexibility index (Phi) is 5.05. The summed E-state index contributed by atoms with van der Waals surface area (Å²) in [6.45, 7) is 3.35. The van der Waals surface area contributed by atoms with Crippen LogP contribution in [0.4, 0.5) is 0 Å². The number of carbonyl (C=O) groups is 1. The van der Waals surface area contributed by atoms with Crippen molar-refractivity contribution in [2.75, 3.05) is 19.7 Å². The molecular formula is C17H22N4O2. The Morgan fingerprint density at radius 1 is 1.35 bits per heavy atom. The molecule has 0 unspecified atom stereocenters. The quantitative estimate of drug-likeness (QED) is 0.892. The van der Waals surface area contributed by atoms with E-state index >= 15 is 0 Å². The maximum atomic E-state index is 12.3. The molecule has 1 amide bonds. The van der Waals surface area contributed by atoms with E-state index in [0.717, 1.165) is 18.8 Å². The van der Waals surface area contributed by atoms with E-state index in [-0.39, 0.29) is 5.91 Å². The minimum Gasteiger partial charge on any atom is -0.366 e. The molecule has 1 aliphatic rings. The molecule has 6 heteroatoms. The van der Waals surface area contributed by atoms with Gasteiger partial charge in [0.2, 0.25) is 0 Å². The first-order valence-electron chi connectivity index (χ1n) is 7.85. The topological polar surface area (TPSA) is 59.4 Å². The summed E-state index contributed by atoms with van der Waals surface area (Å²) in [5.41, 5.74) is 2.22. The van der Waals surface area contributed by atoms with Crippen LogP contribution in [0, 0.1) is 0 Å². The van der Waals surface area contributed by atoms with E-state index in [4.69, 9.17) is 4.74 Å². The molecule has 0 spiro atoms. The molecule has 23 heavy (non-hydrogen) atoms. The third kappa shape index (κ3) is 4.18. The summed E-state index contributed by atoms with van der Waals surface area (Å²) in [5.74, 6) is -0.0658. The van der Waals surface area contributed by atoms with Crippen LogP contribution >= 0.6 is 0 Å². The number of nitrogens with one attached hydrogen (secondary N) is 1. The van der Waals surface area contributed by atoms with Gasteiger partial charge in [-0.1, -0.05) is 30.3 Å². The van der Waals surface area contributed by atoms with Crippen molar-refractivity contribution in [1.29, 1.82) is 0 Å². The van der Waals surface area contributed by atoms with Crippen LogP contribution < -0.4 is 5.32 Å². The number of amides is 1. The van der Waals surface area contributed by atoms with Gasteiger partial charge in [-0.2, -0.15) is 5.10 Å². The lowest BCUT2D eigenvalue weighted by molar-refractivity contribution is -0.139. The summed E-state index contributed by atoms with van der Waals surface area (Å²) in [4.78, 5) is 14.6. The molecule has 1 atom stereocenters. The van der Waals surface area contributed by atoms with Crippen LogP contribution in [0.15, 0.2) is 42.6 Å². The van der Waals surface area contributed by atoms with Gasteiger partial charge in [0.15, 0.2) is 0 Å². The van der Waals surface area contributed by atoms with Crippen molar-refractivity contribution >= 4 is 5.91 Å². The molecule has 0 radical (unpaired) electrons. The minimum absolute atomic E-state index is 0.0658. The highest BCUT2D eigenvalue weighted by Crippen LogP contribution is 2.11. The highest BCUT2D eigenvalue weighted by molar-refractivity contribution is 5.81. The zero-order valence-corrected chi connectivity index (χ0v) is 13.3. The molecule has 1 saturated heterocycles. The Morgan fingerprint density at radius 2 is 2.17 bits per heavy atom. The number of morpholine rings is 1. The van der Waals surface area contributed by atoms with E-state index in [0.29, 0.717) is 19.7 Å². The minimum atomic E-state index is -0.416. The van der Waals surface area contributed by atoms with Crippen LogP contribution in [-0.4, -0.2) is 46.4 Å². The van der Waals surface area contributed by atoms with Crippen molar-refractivity contribution in [2.24, 2.45) is 7.05 Å². The molecule has 0 saturated carbocycles. The van der Waals surface area contributed by atoms with Crippen molar-refractivity contribution in [3.63, 3.8) is 0 Å². The van der Waals surface area contributed by atoms with E-state index in [1.54, 1.807) is 10.9 Å². The average Bonchev–Trinajstić information content (AvgIpc) is 2.99. The van der Waals surface area contributed by atoms with Crippen molar-refractivity contribution in [3.05, 3.63) is 53.9 Å². The second-order valence-corrected chi connectivity index (χ2v) is 5.74. The average molecular weight is 314 g/mol. The van der Waals surface area contributed by atoms with Gasteiger partial charge in [-0.05, 0) is 11.6 Å². The lowest BCUT2D eigenvalue weighted by Gasteiger charge is -2.32. The summed E-state index contributed by atoms with van der Waals surface area (Å²) in [5, 5.41) is 7.02. The van der Waals surface area contributed by atoms with Crippen LogP contribution in [0.2, 0.25) is 0 Å². The predicted molar refractivity (Wildman–Crippen MR) is 86.5 cm³/mol. The highest BCUT2D eigenvalue weighted by atomic mass is 16.5. The number of rotatable bonds is 5. The standard InChI is InChI=1S/C17H22N4O2/c1-20-15(7-8-19-20)11-18-17(22)16-13-21(9-10-23-16)12-14-5-3-2-4-6-14/h2-8,16H,9-13H2,1H3,(H,18,22)/t16-/m0/s1. The number of aryl methyl sites for hydroxylation is 1. The Bertz CT molecular complexity index is 641. The third-order valence-electron chi connectivity index (χ3n) is 4.06. The third-order valence-corrected chi connectivity index (χ3v) is 4.06. The van der Waals surface area contributed by atoms with Gasteiger partial charge in [0.05, 0.1) is 18.8 Å². The van der Waals surface area contributed by atoms with E-state index in [1.807, 2.05) is 31.3 Å². The number of nitrogens with zero attached hydrogens (tertiary/aromatic N) is 3. The first-order chi connectivity index (χ1) is 11.2. The molecule has 6 nitrogen and oxygen atoms in total. The Balaban J connectivity index is 1.51. The molecule has 1 N–H and O–H groups in total. The highest BCUT2D eigenvalue weighted by Gasteiger charge is 2.26. The fourth-order valence-electron chi connectivity index (χ4n) is 2.71. The number of benzene rings is 1. The van der Waals surface area contributed by atoms with Crippen molar-refractivity contribution in [3.8, 4) is 0 Å². The van der Waals surface area contributed by atoms with E-state index in [1.165, 1.54) is 5.56 Å². The van der Waals surface area contributed by atoms with Crippen molar-refractivity contribution in [1.82, 2.24) is 20.0 Å². The number of aromatic nitrogens is 2. The monoisotopic (exact) mass is 314 g/mol. The molecule has 1 aromatic carbocycles. The fourth-order valence-corrected chi connectivity index (χ4v) is 2.71. The number of hydrogen-bond acceptors (Lipinski definition) is 4. The molecular weight excluding hydrogens is 292 g/mol. The Morgan fingerprint density at radius 3 is 2.91 bits per heavy atom. The molecule has 2 heterocycles. The number of hydrogen-bond donors (Lipinski definition) is 1. The number of carbonyl (C=O) groups excluding carboxylic acids is 1. The van der Waals surface area contributed by atoms with Gasteiger partial charge in [-0.25, -0.2) is 0 Å². The maximum absolute atomic E-state index is 12.3. The second kappa shape index (κ2) is 7.39.